The zero-order valence-electron chi connectivity index (χ0n) is 15.5. The average molecular weight is 345 g/mol. The van der Waals surface area contributed by atoms with E-state index in [4.69, 9.17) is 0 Å². The Morgan fingerprint density at radius 1 is 0.769 bits per heavy atom. The summed E-state index contributed by atoms with van der Waals surface area (Å²) in [6.45, 7) is 4.98. The molecule has 134 valence electrons. The fraction of sp³-hybridized carbons (Fsp3) is 0.250. The van der Waals surface area contributed by atoms with E-state index in [-0.39, 0.29) is 12.0 Å². The fourth-order valence-electron chi connectivity index (χ4n) is 3.34. The quantitative estimate of drug-likeness (QED) is 0.617. The number of aliphatic hydroxyl groups excluding tert-OH is 1. The van der Waals surface area contributed by atoms with E-state index in [1.54, 1.807) is 0 Å². The first-order chi connectivity index (χ1) is 12.6. The third-order valence-electron chi connectivity index (χ3n) is 4.97. The number of rotatable bonds is 7. The van der Waals surface area contributed by atoms with E-state index in [0.29, 0.717) is 0 Å². The van der Waals surface area contributed by atoms with E-state index in [0.717, 1.165) is 12.1 Å². The first-order valence-electron chi connectivity index (χ1n) is 9.22. The zero-order chi connectivity index (χ0) is 18.4. The number of aliphatic hydroxyl groups is 1. The molecule has 0 unspecified atom stereocenters. The van der Waals surface area contributed by atoms with Gasteiger partial charge in [0.1, 0.15) is 0 Å². The third kappa shape index (κ3) is 4.60. The van der Waals surface area contributed by atoms with Crippen LogP contribution < -0.4 is 5.32 Å². The van der Waals surface area contributed by atoms with Crippen LogP contribution in [0.1, 0.15) is 41.3 Å². The van der Waals surface area contributed by atoms with Crippen LogP contribution in [-0.4, -0.2) is 5.11 Å². The van der Waals surface area contributed by atoms with E-state index in [2.05, 4.69) is 67.7 Å². The molecule has 0 heterocycles. The lowest BCUT2D eigenvalue weighted by Crippen LogP contribution is -2.30. The molecule has 3 atom stereocenters. The van der Waals surface area contributed by atoms with Crippen molar-refractivity contribution >= 4 is 0 Å². The van der Waals surface area contributed by atoms with Crippen LogP contribution in [0.2, 0.25) is 0 Å². The molecular formula is C24H27NO. The molecule has 0 radical (unpaired) electrons. The van der Waals surface area contributed by atoms with E-state index in [9.17, 15) is 5.11 Å². The molecule has 2 N–H and O–H groups in total. The molecule has 3 rings (SSSR count). The molecule has 0 fully saturated rings. The minimum atomic E-state index is -0.521. The summed E-state index contributed by atoms with van der Waals surface area (Å²) in [7, 11) is 0. The fourth-order valence-corrected chi connectivity index (χ4v) is 3.34. The summed E-state index contributed by atoms with van der Waals surface area (Å²) in [5.74, 6) is 0.0326. The summed E-state index contributed by atoms with van der Waals surface area (Å²) < 4.78 is 0. The van der Waals surface area contributed by atoms with Gasteiger partial charge in [0.05, 0.1) is 6.10 Å². The van der Waals surface area contributed by atoms with Gasteiger partial charge in [0.2, 0.25) is 0 Å². The van der Waals surface area contributed by atoms with Gasteiger partial charge in [0.25, 0.3) is 0 Å². The molecule has 0 saturated carbocycles. The largest absolute Gasteiger partial charge is 0.388 e. The highest BCUT2D eigenvalue weighted by Gasteiger charge is 2.26. The minimum absolute atomic E-state index is 0.0326. The molecule has 3 aromatic carbocycles. The van der Waals surface area contributed by atoms with Gasteiger partial charge in [-0.3, -0.25) is 0 Å². The van der Waals surface area contributed by atoms with Crippen molar-refractivity contribution in [1.82, 2.24) is 5.32 Å². The molecule has 2 heteroatoms. The Kier molecular flexibility index (Phi) is 6.21. The van der Waals surface area contributed by atoms with E-state index < -0.39 is 6.10 Å². The van der Waals surface area contributed by atoms with Crippen molar-refractivity contribution in [2.24, 2.45) is 5.92 Å². The van der Waals surface area contributed by atoms with Crippen LogP contribution >= 0.6 is 0 Å². The highest BCUT2D eigenvalue weighted by Crippen LogP contribution is 2.32. The lowest BCUT2D eigenvalue weighted by atomic mass is 9.86. The number of nitrogens with one attached hydrogen (secondary N) is 1. The highest BCUT2D eigenvalue weighted by molar-refractivity contribution is 5.25. The predicted octanol–water partition coefficient (Wildman–Crippen LogP) is 5.20. The van der Waals surface area contributed by atoms with Gasteiger partial charge in [0, 0.05) is 18.5 Å². The van der Waals surface area contributed by atoms with Crippen LogP contribution in [0.4, 0.5) is 0 Å². The molecule has 0 saturated heterocycles. The van der Waals surface area contributed by atoms with Gasteiger partial charge in [-0.15, -0.1) is 0 Å². The molecule has 2 nitrogen and oxygen atoms in total. The molecule has 0 amide bonds. The van der Waals surface area contributed by atoms with Gasteiger partial charge in [-0.1, -0.05) is 97.4 Å². The van der Waals surface area contributed by atoms with Crippen molar-refractivity contribution in [3.63, 3.8) is 0 Å². The number of hydrogen-bond donors (Lipinski definition) is 2. The van der Waals surface area contributed by atoms with Crippen molar-refractivity contribution in [3.8, 4) is 0 Å². The van der Waals surface area contributed by atoms with Crippen molar-refractivity contribution in [1.29, 1.82) is 0 Å². The summed E-state index contributed by atoms with van der Waals surface area (Å²) in [6, 6.07) is 28.9. The zero-order valence-corrected chi connectivity index (χ0v) is 15.5. The maximum absolute atomic E-state index is 10.9. The molecule has 0 aliphatic carbocycles. The first-order valence-corrected chi connectivity index (χ1v) is 9.22. The van der Waals surface area contributed by atoms with Crippen molar-refractivity contribution in [2.45, 2.75) is 32.5 Å². The summed E-state index contributed by atoms with van der Waals surface area (Å²) in [5.41, 5.74) is 4.67. The van der Waals surface area contributed by atoms with Crippen LogP contribution in [0.5, 0.6) is 0 Å². The van der Waals surface area contributed by atoms with Gasteiger partial charge in [-0.25, -0.2) is 0 Å². The van der Waals surface area contributed by atoms with Gasteiger partial charge in [0.15, 0.2) is 0 Å². The molecule has 0 aliphatic heterocycles. The number of aryl methyl sites for hydroxylation is 1. The molecular weight excluding hydrogens is 318 g/mol. The predicted molar refractivity (Wildman–Crippen MR) is 108 cm³/mol. The standard InChI is InChI=1S/C24H27NO/c1-18-13-15-20(16-14-18)17-25-23(21-9-5-3-6-10-21)19(2)24(26)22-11-7-4-8-12-22/h3-16,19,23-26H,17H2,1-2H3/t19-,23+,24+/m1/s1. The first kappa shape index (κ1) is 18.4. The number of hydrogen-bond acceptors (Lipinski definition) is 2. The molecule has 0 bridgehead atoms. The topological polar surface area (TPSA) is 32.3 Å². The summed E-state index contributed by atoms with van der Waals surface area (Å²) in [6.07, 6.45) is -0.521. The lowest BCUT2D eigenvalue weighted by molar-refractivity contribution is 0.0931. The normalized spacial score (nSPS) is 14.6. The van der Waals surface area contributed by atoms with Crippen molar-refractivity contribution in [2.75, 3.05) is 0 Å². The maximum Gasteiger partial charge on any atom is 0.0833 e. The SMILES string of the molecule is Cc1ccc(CN[C@H](c2ccccc2)[C@@H](C)[C@H](O)c2ccccc2)cc1. The maximum atomic E-state index is 10.9. The molecule has 0 aromatic heterocycles. The van der Waals surface area contributed by atoms with Crippen LogP contribution in [-0.2, 0) is 6.54 Å². The Hall–Kier alpha value is -2.42. The van der Waals surface area contributed by atoms with Gasteiger partial charge >= 0.3 is 0 Å². The number of benzene rings is 3. The molecule has 0 spiro atoms. The van der Waals surface area contributed by atoms with Crippen LogP contribution in [0, 0.1) is 12.8 Å². The second kappa shape index (κ2) is 8.79. The van der Waals surface area contributed by atoms with Gasteiger partial charge < -0.3 is 10.4 Å². The summed E-state index contributed by atoms with van der Waals surface area (Å²) >= 11 is 0. The molecule has 26 heavy (non-hydrogen) atoms. The van der Waals surface area contributed by atoms with Crippen LogP contribution in [0.25, 0.3) is 0 Å². The second-order valence-electron chi connectivity index (χ2n) is 6.97. The summed E-state index contributed by atoms with van der Waals surface area (Å²) in [4.78, 5) is 0. The molecule has 0 aliphatic rings. The lowest BCUT2D eigenvalue weighted by Gasteiger charge is -2.30. The second-order valence-corrected chi connectivity index (χ2v) is 6.97. The molecule has 3 aromatic rings. The Balaban J connectivity index is 1.80. The van der Waals surface area contributed by atoms with E-state index in [1.807, 2.05) is 36.4 Å². The average Bonchev–Trinajstić information content (AvgIpc) is 2.70. The monoisotopic (exact) mass is 345 g/mol. The smallest absolute Gasteiger partial charge is 0.0833 e. The Labute approximate surface area is 156 Å². The third-order valence-corrected chi connectivity index (χ3v) is 4.97. The highest BCUT2D eigenvalue weighted by atomic mass is 16.3. The van der Waals surface area contributed by atoms with E-state index >= 15 is 0 Å². The Morgan fingerprint density at radius 2 is 1.31 bits per heavy atom. The Morgan fingerprint density at radius 3 is 1.88 bits per heavy atom. The van der Waals surface area contributed by atoms with Crippen molar-refractivity contribution in [3.05, 3.63) is 107 Å². The summed E-state index contributed by atoms with van der Waals surface area (Å²) in [5, 5.41) is 14.6. The Bertz CT molecular complexity index is 783. The van der Waals surface area contributed by atoms with Gasteiger partial charge in [-0.2, -0.15) is 0 Å². The van der Waals surface area contributed by atoms with Crippen molar-refractivity contribution < 1.29 is 5.11 Å². The van der Waals surface area contributed by atoms with E-state index in [1.165, 1.54) is 16.7 Å². The minimum Gasteiger partial charge on any atom is -0.388 e. The van der Waals surface area contributed by atoms with Crippen LogP contribution in [0.15, 0.2) is 84.9 Å². The van der Waals surface area contributed by atoms with Gasteiger partial charge in [-0.05, 0) is 23.6 Å². The van der Waals surface area contributed by atoms with Crippen LogP contribution in [0.3, 0.4) is 0 Å².